The number of ether oxygens (including phenoxy) is 1. The van der Waals surface area contributed by atoms with E-state index in [-0.39, 0.29) is 24.4 Å². The standard InChI is InChI=1S/C13H19N3O2.ClH/c1-18-12-4-2-3-11(7-12)15-13(17)9-16-6-5-10(14)8-16;/h2-4,7,10H,5-6,8-9,14H2,1H3,(H,15,17);1H. The number of nitrogens with zero attached hydrogens (tertiary/aromatic N) is 1. The number of amides is 1. The molecule has 1 amide bonds. The van der Waals surface area contributed by atoms with Gasteiger partial charge in [-0.05, 0) is 18.6 Å². The van der Waals surface area contributed by atoms with E-state index in [0.717, 1.165) is 30.9 Å². The third-order valence-corrected chi connectivity index (χ3v) is 3.03. The van der Waals surface area contributed by atoms with Crippen LogP contribution in [0.25, 0.3) is 0 Å². The van der Waals surface area contributed by atoms with Gasteiger partial charge in [-0.2, -0.15) is 0 Å². The highest BCUT2D eigenvalue weighted by Crippen LogP contribution is 2.16. The van der Waals surface area contributed by atoms with Crippen molar-refractivity contribution in [2.45, 2.75) is 12.5 Å². The van der Waals surface area contributed by atoms with E-state index >= 15 is 0 Å². The molecule has 0 saturated carbocycles. The van der Waals surface area contributed by atoms with Crippen LogP contribution in [0.5, 0.6) is 5.75 Å². The Morgan fingerprint density at radius 2 is 2.37 bits per heavy atom. The number of nitrogens with one attached hydrogen (secondary N) is 1. The van der Waals surface area contributed by atoms with E-state index in [4.69, 9.17) is 10.5 Å². The fourth-order valence-corrected chi connectivity index (χ4v) is 2.11. The molecular formula is C13H20ClN3O2. The lowest BCUT2D eigenvalue weighted by atomic mass is 10.3. The lowest BCUT2D eigenvalue weighted by Crippen LogP contribution is -2.33. The van der Waals surface area contributed by atoms with Crippen LogP contribution in [0.15, 0.2) is 24.3 Å². The average Bonchev–Trinajstić information content (AvgIpc) is 2.74. The molecule has 1 atom stereocenters. The predicted molar refractivity (Wildman–Crippen MR) is 77.9 cm³/mol. The summed E-state index contributed by atoms with van der Waals surface area (Å²) in [5.41, 5.74) is 6.55. The zero-order chi connectivity index (χ0) is 13.0. The molecule has 0 aromatic heterocycles. The predicted octanol–water partition coefficient (Wildman–Crippen LogP) is 1.09. The second-order valence-electron chi connectivity index (χ2n) is 4.56. The van der Waals surface area contributed by atoms with Crippen LogP contribution in [-0.2, 0) is 4.79 Å². The van der Waals surface area contributed by atoms with Crippen molar-refractivity contribution in [3.8, 4) is 5.75 Å². The number of carbonyl (C=O) groups is 1. The van der Waals surface area contributed by atoms with E-state index in [2.05, 4.69) is 10.2 Å². The van der Waals surface area contributed by atoms with Crippen LogP contribution in [0.2, 0.25) is 0 Å². The molecule has 19 heavy (non-hydrogen) atoms. The number of hydrogen-bond donors (Lipinski definition) is 2. The van der Waals surface area contributed by atoms with Gasteiger partial charge in [0.2, 0.25) is 5.91 Å². The van der Waals surface area contributed by atoms with Gasteiger partial charge in [-0.3, -0.25) is 9.69 Å². The Morgan fingerprint density at radius 3 is 3.00 bits per heavy atom. The maximum atomic E-state index is 11.8. The smallest absolute Gasteiger partial charge is 0.238 e. The van der Waals surface area contributed by atoms with E-state index in [9.17, 15) is 4.79 Å². The third kappa shape index (κ3) is 4.70. The molecular weight excluding hydrogens is 266 g/mol. The minimum atomic E-state index is -0.0163. The molecule has 1 saturated heterocycles. The van der Waals surface area contributed by atoms with E-state index in [1.807, 2.05) is 18.2 Å². The van der Waals surface area contributed by atoms with E-state index in [1.165, 1.54) is 0 Å². The van der Waals surface area contributed by atoms with Crippen LogP contribution in [0.4, 0.5) is 5.69 Å². The molecule has 5 nitrogen and oxygen atoms in total. The number of benzene rings is 1. The first-order valence-electron chi connectivity index (χ1n) is 6.09. The van der Waals surface area contributed by atoms with Crippen molar-refractivity contribution in [1.82, 2.24) is 4.90 Å². The van der Waals surface area contributed by atoms with Gasteiger partial charge >= 0.3 is 0 Å². The van der Waals surface area contributed by atoms with Crippen LogP contribution in [-0.4, -0.2) is 43.6 Å². The molecule has 3 N–H and O–H groups in total. The third-order valence-electron chi connectivity index (χ3n) is 3.03. The normalized spacial score (nSPS) is 18.7. The van der Waals surface area contributed by atoms with Gasteiger partial charge in [0, 0.05) is 30.9 Å². The average molecular weight is 286 g/mol. The SMILES string of the molecule is COc1cccc(NC(=O)CN2CCC(N)C2)c1.Cl. The lowest BCUT2D eigenvalue weighted by Gasteiger charge is -2.14. The van der Waals surface area contributed by atoms with Crippen molar-refractivity contribution in [2.75, 3.05) is 32.1 Å². The van der Waals surface area contributed by atoms with Crippen molar-refractivity contribution in [3.05, 3.63) is 24.3 Å². The summed E-state index contributed by atoms with van der Waals surface area (Å²) in [6.45, 7) is 2.09. The number of carbonyl (C=O) groups excluding carboxylic acids is 1. The van der Waals surface area contributed by atoms with Gasteiger partial charge in [0.1, 0.15) is 5.75 Å². The highest BCUT2D eigenvalue weighted by Gasteiger charge is 2.20. The maximum Gasteiger partial charge on any atom is 0.238 e. The van der Waals surface area contributed by atoms with Gasteiger partial charge in [-0.25, -0.2) is 0 Å². The summed E-state index contributed by atoms with van der Waals surface area (Å²) in [6.07, 6.45) is 0.965. The topological polar surface area (TPSA) is 67.6 Å². The number of hydrogen-bond acceptors (Lipinski definition) is 4. The first-order chi connectivity index (χ1) is 8.67. The van der Waals surface area contributed by atoms with Gasteiger partial charge in [-0.15, -0.1) is 12.4 Å². The van der Waals surface area contributed by atoms with Crippen molar-refractivity contribution >= 4 is 24.0 Å². The Balaban J connectivity index is 0.00000180. The molecule has 1 heterocycles. The summed E-state index contributed by atoms with van der Waals surface area (Å²) in [7, 11) is 1.60. The summed E-state index contributed by atoms with van der Waals surface area (Å²) in [5.74, 6) is 0.716. The highest BCUT2D eigenvalue weighted by atomic mass is 35.5. The number of halogens is 1. The minimum Gasteiger partial charge on any atom is -0.497 e. The fourth-order valence-electron chi connectivity index (χ4n) is 2.11. The first kappa shape index (κ1) is 15.8. The molecule has 0 aliphatic carbocycles. The summed E-state index contributed by atoms with van der Waals surface area (Å²) in [4.78, 5) is 13.9. The second-order valence-corrected chi connectivity index (χ2v) is 4.56. The molecule has 1 aliphatic heterocycles. The summed E-state index contributed by atoms with van der Waals surface area (Å²) >= 11 is 0. The summed E-state index contributed by atoms with van der Waals surface area (Å²) in [5, 5.41) is 2.86. The van der Waals surface area contributed by atoms with Gasteiger partial charge in [0.25, 0.3) is 0 Å². The van der Waals surface area contributed by atoms with Crippen LogP contribution in [0, 0.1) is 0 Å². The van der Waals surface area contributed by atoms with E-state index in [0.29, 0.717) is 6.54 Å². The largest absolute Gasteiger partial charge is 0.497 e. The number of likely N-dealkylation sites (tertiary alicyclic amines) is 1. The van der Waals surface area contributed by atoms with Crippen molar-refractivity contribution in [1.29, 1.82) is 0 Å². The highest BCUT2D eigenvalue weighted by molar-refractivity contribution is 5.92. The molecule has 1 aromatic rings. The zero-order valence-corrected chi connectivity index (χ0v) is 11.8. The van der Waals surface area contributed by atoms with E-state index in [1.54, 1.807) is 13.2 Å². The minimum absolute atomic E-state index is 0. The zero-order valence-electron chi connectivity index (χ0n) is 11.0. The summed E-state index contributed by atoms with van der Waals surface area (Å²) in [6, 6.07) is 7.54. The Bertz CT molecular complexity index is 428. The van der Waals surface area contributed by atoms with Gasteiger partial charge in [0.05, 0.1) is 13.7 Å². The molecule has 106 valence electrons. The van der Waals surface area contributed by atoms with Crippen LogP contribution >= 0.6 is 12.4 Å². The second kappa shape index (κ2) is 7.33. The number of nitrogens with two attached hydrogens (primary N) is 1. The van der Waals surface area contributed by atoms with Crippen LogP contribution in [0.1, 0.15) is 6.42 Å². The summed E-state index contributed by atoms with van der Waals surface area (Å²) < 4.78 is 5.11. The molecule has 2 rings (SSSR count). The quantitative estimate of drug-likeness (QED) is 0.869. The molecule has 1 unspecified atom stereocenters. The Labute approximate surface area is 119 Å². The molecule has 1 fully saturated rings. The molecule has 0 radical (unpaired) electrons. The van der Waals surface area contributed by atoms with Crippen LogP contribution in [0.3, 0.4) is 0 Å². The van der Waals surface area contributed by atoms with Crippen molar-refractivity contribution < 1.29 is 9.53 Å². The van der Waals surface area contributed by atoms with Crippen LogP contribution < -0.4 is 15.8 Å². The number of methoxy groups -OCH3 is 1. The molecule has 6 heteroatoms. The molecule has 0 bridgehead atoms. The van der Waals surface area contributed by atoms with Crippen molar-refractivity contribution in [3.63, 3.8) is 0 Å². The first-order valence-corrected chi connectivity index (χ1v) is 6.09. The van der Waals surface area contributed by atoms with Crippen molar-refractivity contribution in [2.24, 2.45) is 5.73 Å². The van der Waals surface area contributed by atoms with Gasteiger partial charge in [0.15, 0.2) is 0 Å². The fraction of sp³-hybridized carbons (Fsp3) is 0.462. The molecule has 1 aromatic carbocycles. The van der Waals surface area contributed by atoms with Gasteiger partial charge in [-0.1, -0.05) is 6.07 Å². The Morgan fingerprint density at radius 1 is 1.58 bits per heavy atom. The maximum absolute atomic E-state index is 11.8. The van der Waals surface area contributed by atoms with Gasteiger partial charge < -0.3 is 15.8 Å². The van der Waals surface area contributed by atoms with E-state index < -0.39 is 0 Å². The number of rotatable bonds is 4. The monoisotopic (exact) mass is 285 g/mol. The molecule has 1 aliphatic rings. The lowest BCUT2D eigenvalue weighted by molar-refractivity contribution is -0.117. The number of anilines is 1. The Hall–Kier alpha value is -1.30. The molecule has 0 spiro atoms. The Kier molecular flexibility index (Phi) is 6.08.